The summed E-state index contributed by atoms with van der Waals surface area (Å²) in [5.41, 5.74) is 5.35. The van der Waals surface area contributed by atoms with E-state index in [1.54, 1.807) is 0 Å². The molecule has 5 aromatic heterocycles. The smallest absolute Gasteiger partial charge is 0.0544 e. The second-order valence-corrected chi connectivity index (χ2v) is 10.3. The lowest BCUT2D eigenvalue weighted by molar-refractivity contribution is 0.222. The third-order valence-corrected chi connectivity index (χ3v) is 6.42. The quantitative estimate of drug-likeness (QED) is 0.197. The van der Waals surface area contributed by atoms with Gasteiger partial charge in [0.15, 0.2) is 0 Å². The maximum absolute atomic E-state index is 4.42. The standard InChI is InChI=1S/C18H18N4.C16H22N4/c1-4-10-19-16(7-1)13-22(14-17-8-2-5-11-20-17)15-18-9-3-6-12-21-18;1-19(2)11-12-20(13-15-7-3-5-9-17-15)14-16-8-4-6-10-18-16/h1-12H,13-15H2;3-10H,11-14H2,1-2H3. The fraction of sp³-hybridized carbons (Fsp3) is 0.265. The van der Waals surface area contributed by atoms with Gasteiger partial charge in [-0.2, -0.15) is 0 Å². The molecule has 0 N–H and O–H groups in total. The van der Waals surface area contributed by atoms with Crippen LogP contribution in [0.2, 0.25) is 0 Å². The van der Waals surface area contributed by atoms with Crippen molar-refractivity contribution in [3.05, 3.63) is 150 Å². The first-order valence-corrected chi connectivity index (χ1v) is 14.2. The minimum atomic E-state index is 0.772. The highest BCUT2D eigenvalue weighted by molar-refractivity contribution is 5.09. The predicted molar refractivity (Wildman–Crippen MR) is 167 cm³/mol. The largest absolute Gasteiger partial charge is 0.308 e. The molecule has 216 valence electrons. The van der Waals surface area contributed by atoms with E-state index in [0.717, 1.165) is 74.3 Å². The van der Waals surface area contributed by atoms with E-state index in [1.807, 2.05) is 110 Å². The number of nitrogens with zero attached hydrogens (tertiary/aromatic N) is 8. The van der Waals surface area contributed by atoms with Crippen LogP contribution in [-0.2, 0) is 32.7 Å². The Morgan fingerprint density at radius 3 is 0.905 bits per heavy atom. The normalized spacial score (nSPS) is 11.0. The van der Waals surface area contributed by atoms with Gasteiger partial charge in [-0.15, -0.1) is 0 Å². The summed E-state index contributed by atoms with van der Waals surface area (Å²) in [4.78, 5) is 29.0. The average Bonchev–Trinajstić information content (AvgIpc) is 3.03. The maximum atomic E-state index is 4.42. The van der Waals surface area contributed by atoms with E-state index in [4.69, 9.17) is 0 Å². The van der Waals surface area contributed by atoms with Crippen molar-refractivity contribution in [1.29, 1.82) is 0 Å². The van der Waals surface area contributed by atoms with Crippen molar-refractivity contribution in [2.45, 2.75) is 32.7 Å². The van der Waals surface area contributed by atoms with Crippen LogP contribution in [0.25, 0.3) is 0 Å². The zero-order valence-corrected chi connectivity index (χ0v) is 24.6. The fourth-order valence-electron chi connectivity index (χ4n) is 4.33. The van der Waals surface area contributed by atoms with E-state index < -0.39 is 0 Å². The summed E-state index contributed by atoms with van der Waals surface area (Å²) in [5, 5.41) is 0. The summed E-state index contributed by atoms with van der Waals surface area (Å²) in [5.74, 6) is 0. The van der Waals surface area contributed by atoms with E-state index in [2.05, 4.69) is 65.8 Å². The molecule has 5 heterocycles. The van der Waals surface area contributed by atoms with Crippen molar-refractivity contribution < 1.29 is 0 Å². The Morgan fingerprint density at radius 2 is 0.667 bits per heavy atom. The van der Waals surface area contributed by atoms with Gasteiger partial charge in [0.25, 0.3) is 0 Å². The monoisotopic (exact) mass is 560 g/mol. The van der Waals surface area contributed by atoms with Gasteiger partial charge in [0, 0.05) is 76.8 Å². The molecule has 5 rings (SSSR count). The van der Waals surface area contributed by atoms with Crippen LogP contribution in [0.3, 0.4) is 0 Å². The van der Waals surface area contributed by atoms with Gasteiger partial charge < -0.3 is 4.90 Å². The molecule has 0 amide bonds. The third-order valence-electron chi connectivity index (χ3n) is 6.42. The number of aromatic nitrogens is 5. The Morgan fingerprint density at radius 1 is 0.381 bits per heavy atom. The van der Waals surface area contributed by atoms with Gasteiger partial charge in [0.2, 0.25) is 0 Å². The van der Waals surface area contributed by atoms with Crippen LogP contribution in [0.4, 0.5) is 0 Å². The van der Waals surface area contributed by atoms with Crippen molar-refractivity contribution in [3.63, 3.8) is 0 Å². The highest BCUT2D eigenvalue weighted by Crippen LogP contribution is 2.11. The predicted octanol–water partition coefficient (Wildman–Crippen LogP) is 5.11. The summed E-state index contributed by atoms with van der Waals surface area (Å²) in [6.45, 7) is 6.05. The van der Waals surface area contributed by atoms with Gasteiger partial charge in [-0.25, -0.2) is 0 Å². The van der Waals surface area contributed by atoms with Gasteiger partial charge in [-0.3, -0.25) is 34.7 Å². The SMILES string of the molecule is CN(C)CCN(Cc1ccccn1)Cc1ccccn1.c1ccc(CN(Cc2ccccn2)Cc2ccccn2)nc1. The summed E-state index contributed by atoms with van der Waals surface area (Å²) in [7, 11) is 4.19. The first-order valence-electron chi connectivity index (χ1n) is 14.2. The van der Waals surface area contributed by atoms with Gasteiger partial charge in [0.1, 0.15) is 0 Å². The molecule has 0 fully saturated rings. The molecule has 0 spiro atoms. The Balaban J connectivity index is 0.000000194. The lowest BCUT2D eigenvalue weighted by atomic mass is 10.2. The number of hydrogen-bond acceptors (Lipinski definition) is 8. The lowest BCUT2D eigenvalue weighted by Gasteiger charge is -2.23. The molecule has 0 aliphatic rings. The molecule has 0 saturated heterocycles. The topological polar surface area (TPSA) is 74.2 Å². The molecule has 0 unspecified atom stereocenters. The van der Waals surface area contributed by atoms with Gasteiger partial charge in [0.05, 0.1) is 28.5 Å². The van der Waals surface area contributed by atoms with Gasteiger partial charge in [-0.05, 0) is 74.8 Å². The molecule has 8 nitrogen and oxygen atoms in total. The van der Waals surface area contributed by atoms with Crippen LogP contribution in [0.15, 0.2) is 122 Å². The van der Waals surface area contributed by atoms with Crippen LogP contribution in [0, 0.1) is 0 Å². The van der Waals surface area contributed by atoms with E-state index in [-0.39, 0.29) is 0 Å². The lowest BCUT2D eigenvalue weighted by Crippen LogP contribution is -2.31. The first kappa shape index (κ1) is 30.6. The molecule has 0 saturated carbocycles. The van der Waals surface area contributed by atoms with Crippen molar-refractivity contribution in [2.75, 3.05) is 27.2 Å². The van der Waals surface area contributed by atoms with Gasteiger partial charge in [-0.1, -0.05) is 30.3 Å². The van der Waals surface area contributed by atoms with Crippen LogP contribution < -0.4 is 0 Å². The minimum Gasteiger partial charge on any atom is -0.308 e. The fourth-order valence-corrected chi connectivity index (χ4v) is 4.33. The van der Waals surface area contributed by atoms with Crippen LogP contribution >= 0.6 is 0 Å². The summed E-state index contributed by atoms with van der Waals surface area (Å²) in [6.07, 6.45) is 9.18. The van der Waals surface area contributed by atoms with Crippen molar-refractivity contribution in [3.8, 4) is 0 Å². The summed E-state index contributed by atoms with van der Waals surface area (Å²) in [6, 6.07) is 30.1. The molecular formula is C34H40N8. The van der Waals surface area contributed by atoms with E-state index in [1.165, 1.54) is 0 Å². The molecule has 42 heavy (non-hydrogen) atoms. The first-order chi connectivity index (χ1) is 20.6. The molecular weight excluding hydrogens is 520 g/mol. The molecule has 0 aliphatic heterocycles. The van der Waals surface area contributed by atoms with E-state index in [0.29, 0.717) is 0 Å². The van der Waals surface area contributed by atoms with Gasteiger partial charge >= 0.3 is 0 Å². The molecule has 0 aliphatic carbocycles. The molecule has 0 atom stereocenters. The molecule has 0 radical (unpaired) electrons. The number of hydrogen-bond donors (Lipinski definition) is 0. The third kappa shape index (κ3) is 11.6. The molecule has 0 aromatic carbocycles. The highest BCUT2D eigenvalue weighted by atomic mass is 15.2. The zero-order valence-electron chi connectivity index (χ0n) is 24.6. The second kappa shape index (κ2) is 17.4. The highest BCUT2D eigenvalue weighted by Gasteiger charge is 2.11. The number of pyridine rings is 5. The van der Waals surface area contributed by atoms with Crippen LogP contribution in [0.5, 0.6) is 0 Å². The Hall–Kier alpha value is -4.37. The Kier molecular flexibility index (Phi) is 12.7. The number of rotatable bonds is 13. The average molecular weight is 561 g/mol. The molecule has 5 aromatic rings. The summed E-state index contributed by atoms with van der Waals surface area (Å²) < 4.78 is 0. The molecule has 8 heteroatoms. The number of likely N-dealkylation sites (N-methyl/N-ethyl adjacent to an activating group) is 1. The van der Waals surface area contributed by atoms with Crippen LogP contribution in [-0.4, -0.2) is 66.8 Å². The second-order valence-electron chi connectivity index (χ2n) is 10.3. The Labute approximate surface area is 249 Å². The maximum Gasteiger partial charge on any atom is 0.0544 e. The Bertz CT molecular complexity index is 1230. The van der Waals surface area contributed by atoms with Crippen molar-refractivity contribution in [2.24, 2.45) is 0 Å². The zero-order chi connectivity index (χ0) is 29.2. The van der Waals surface area contributed by atoms with E-state index in [9.17, 15) is 0 Å². The van der Waals surface area contributed by atoms with E-state index >= 15 is 0 Å². The van der Waals surface area contributed by atoms with Crippen LogP contribution in [0.1, 0.15) is 28.5 Å². The summed E-state index contributed by atoms with van der Waals surface area (Å²) >= 11 is 0. The van der Waals surface area contributed by atoms with Crippen molar-refractivity contribution >= 4 is 0 Å². The molecule has 0 bridgehead atoms. The van der Waals surface area contributed by atoms with Crippen molar-refractivity contribution in [1.82, 2.24) is 39.6 Å². The minimum absolute atomic E-state index is 0.772.